The summed E-state index contributed by atoms with van der Waals surface area (Å²) in [4.78, 5) is 0.509. The summed E-state index contributed by atoms with van der Waals surface area (Å²) in [5, 5.41) is 21.4. The van der Waals surface area contributed by atoms with Crippen molar-refractivity contribution in [1.82, 2.24) is 5.32 Å². The van der Waals surface area contributed by atoms with E-state index in [1.165, 1.54) is 19.3 Å². The van der Waals surface area contributed by atoms with E-state index in [9.17, 15) is 0 Å². The zero-order valence-corrected chi connectivity index (χ0v) is 9.07. The van der Waals surface area contributed by atoms with E-state index in [4.69, 9.17) is 10.0 Å². The van der Waals surface area contributed by atoms with Gasteiger partial charge in [-0.05, 0) is 25.2 Å². The third-order valence-corrected chi connectivity index (χ3v) is 4.30. The predicted octanol–water partition coefficient (Wildman–Crippen LogP) is 0.293. The van der Waals surface area contributed by atoms with Crippen molar-refractivity contribution in [3.8, 4) is 0 Å². The third-order valence-electron chi connectivity index (χ3n) is 3.28. The summed E-state index contributed by atoms with van der Waals surface area (Å²) < 4.78 is 0. The zero-order chi connectivity index (χ0) is 9.42. The molecule has 0 aromatic rings. The number of fused-ring (bicyclic) bond motifs is 1. The smallest absolute Gasteiger partial charge is 0.426 e. The molecular weight excluding hydrogens is 233 g/mol. The van der Waals surface area contributed by atoms with Crippen molar-refractivity contribution in [3.63, 3.8) is 0 Å². The van der Waals surface area contributed by atoms with Gasteiger partial charge in [0.15, 0.2) is 0 Å². The van der Waals surface area contributed by atoms with Gasteiger partial charge in [0.05, 0.1) is 0 Å². The number of alkyl halides is 1. The molecule has 1 aliphatic carbocycles. The maximum Gasteiger partial charge on any atom is 0.469 e. The van der Waals surface area contributed by atoms with Crippen molar-refractivity contribution in [1.29, 1.82) is 0 Å². The van der Waals surface area contributed by atoms with Gasteiger partial charge in [-0.1, -0.05) is 22.4 Å². The van der Waals surface area contributed by atoms with Gasteiger partial charge in [0.1, 0.15) is 0 Å². The van der Waals surface area contributed by atoms with Gasteiger partial charge < -0.3 is 15.4 Å². The molecule has 1 heterocycles. The van der Waals surface area contributed by atoms with Gasteiger partial charge in [0, 0.05) is 16.8 Å². The number of hydrogen-bond acceptors (Lipinski definition) is 3. The lowest BCUT2D eigenvalue weighted by Crippen LogP contribution is -2.45. The Labute approximate surface area is 87.2 Å². The Morgan fingerprint density at radius 2 is 2.08 bits per heavy atom. The molecule has 0 aromatic heterocycles. The van der Waals surface area contributed by atoms with Crippen LogP contribution >= 0.6 is 15.9 Å². The van der Waals surface area contributed by atoms with Gasteiger partial charge in [-0.25, -0.2) is 0 Å². The molecule has 0 bridgehead atoms. The van der Waals surface area contributed by atoms with Crippen LogP contribution in [0.4, 0.5) is 0 Å². The second-order valence-corrected chi connectivity index (χ2v) is 5.33. The lowest BCUT2D eigenvalue weighted by molar-refractivity contribution is 0.338. The highest BCUT2D eigenvalue weighted by Gasteiger charge is 2.43. The summed E-state index contributed by atoms with van der Waals surface area (Å²) in [5.74, 6) is 0.512. The first kappa shape index (κ1) is 9.96. The van der Waals surface area contributed by atoms with Crippen molar-refractivity contribution in [2.24, 2.45) is 5.92 Å². The first-order valence-corrected chi connectivity index (χ1v) is 5.86. The fourth-order valence-electron chi connectivity index (χ4n) is 2.58. The minimum absolute atomic E-state index is 0.117. The molecule has 3 N–H and O–H groups in total. The largest absolute Gasteiger partial charge is 0.469 e. The molecular formula is C8H15BBrNO2. The van der Waals surface area contributed by atoms with Crippen LogP contribution in [-0.4, -0.2) is 34.0 Å². The minimum Gasteiger partial charge on any atom is -0.426 e. The molecule has 3 nitrogen and oxygen atoms in total. The molecule has 0 spiro atoms. The molecule has 13 heavy (non-hydrogen) atoms. The lowest BCUT2D eigenvalue weighted by Gasteiger charge is -2.29. The topological polar surface area (TPSA) is 52.5 Å². The predicted molar refractivity (Wildman–Crippen MR) is 55.6 cm³/mol. The normalized spacial score (nSPS) is 44.5. The highest BCUT2D eigenvalue weighted by molar-refractivity contribution is 9.09. The first-order chi connectivity index (χ1) is 6.18. The zero-order valence-electron chi connectivity index (χ0n) is 7.49. The van der Waals surface area contributed by atoms with Crippen LogP contribution < -0.4 is 5.32 Å². The van der Waals surface area contributed by atoms with E-state index in [0.29, 0.717) is 16.8 Å². The SMILES string of the molecule is OB(O)C1CC2CCCC(Br)C2N1. The van der Waals surface area contributed by atoms with E-state index >= 15 is 0 Å². The van der Waals surface area contributed by atoms with Gasteiger partial charge in [-0.2, -0.15) is 0 Å². The number of rotatable bonds is 1. The van der Waals surface area contributed by atoms with E-state index in [-0.39, 0.29) is 5.94 Å². The molecule has 1 aliphatic heterocycles. The van der Waals surface area contributed by atoms with Crippen LogP contribution in [0.2, 0.25) is 0 Å². The Bertz CT molecular complexity index is 193. The second-order valence-electron chi connectivity index (χ2n) is 4.16. The molecule has 5 heteroatoms. The maximum atomic E-state index is 9.06. The Hall–Kier alpha value is 0.425. The summed E-state index contributed by atoms with van der Waals surface area (Å²) >= 11 is 3.65. The fraction of sp³-hybridized carbons (Fsp3) is 1.00. The van der Waals surface area contributed by atoms with Crippen LogP contribution in [0.25, 0.3) is 0 Å². The molecule has 1 saturated carbocycles. The van der Waals surface area contributed by atoms with Crippen molar-refractivity contribution < 1.29 is 10.0 Å². The van der Waals surface area contributed by atoms with E-state index in [1.54, 1.807) is 0 Å². The average molecular weight is 248 g/mol. The van der Waals surface area contributed by atoms with Crippen molar-refractivity contribution in [2.75, 3.05) is 0 Å². The molecule has 0 aromatic carbocycles. The summed E-state index contributed by atoms with van der Waals surface area (Å²) in [6, 6.07) is 0.445. The van der Waals surface area contributed by atoms with Gasteiger partial charge in [-0.15, -0.1) is 0 Å². The van der Waals surface area contributed by atoms with E-state index < -0.39 is 7.12 Å². The average Bonchev–Trinajstić information content (AvgIpc) is 2.49. The van der Waals surface area contributed by atoms with Crippen LogP contribution in [-0.2, 0) is 0 Å². The number of nitrogens with one attached hydrogen (secondary N) is 1. The minimum atomic E-state index is -1.20. The molecule has 74 valence electrons. The summed E-state index contributed by atoms with van der Waals surface area (Å²) in [7, 11) is -1.20. The summed E-state index contributed by atoms with van der Waals surface area (Å²) in [5.41, 5.74) is 0. The molecule has 0 amide bonds. The molecule has 0 radical (unpaired) electrons. The first-order valence-electron chi connectivity index (χ1n) is 4.94. The van der Waals surface area contributed by atoms with Gasteiger partial charge in [-0.3, -0.25) is 0 Å². The Morgan fingerprint density at radius 1 is 1.31 bits per heavy atom. The molecule has 4 atom stereocenters. The summed E-state index contributed by atoms with van der Waals surface area (Å²) in [6.07, 6.45) is 4.59. The van der Waals surface area contributed by atoms with E-state index in [0.717, 1.165) is 6.42 Å². The van der Waals surface area contributed by atoms with E-state index in [1.807, 2.05) is 0 Å². The Balaban J connectivity index is 2.00. The van der Waals surface area contributed by atoms with Gasteiger partial charge in [0.25, 0.3) is 0 Å². The Kier molecular flexibility index (Phi) is 2.98. The highest BCUT2D eigenvalue weighted by Crippen LogP contribution is 2.36. The Morgan fingerprint density at radius 3 is 2.69 bits per heavy atom. The number of halogens is 1. The molecule has 2 fully saturated rings. The quantitative estimate of drug-likeness (QED) is 0.461. The molecule has 2 aliphatic rings. The summed E-state index contributed by atoms with van der Waals surface area (Å²) in [6.45, 7) is 0. The van der Waals surface area contributed by atoms with Crippen molar-refractivity contribution in [2.45, 2.75) is 42.5 Å². The number of hydrogen-bond donors (Lipinski definition) is 3. The van der Waals surface area contributed by atoms with Crippen molar-refractivity contribution in [3.05, 3.63) is 0 Å². The van der Waals surface area contributed by atoms with E-state index in [2.05, 4.69) is 21.2 Å². The van der Waals surface area contributed by atoms with Crippen LogP contribution in [0.3, 0.4) is 0 Å². The van der Waals surface area contributed by atoms with Crippen LogP contribution in [0, 0.1) is 5.92 Å². The lowest BCUT2D eigenvalue weighted by atomic mass is 9.76. The van der Waals surface area contributed by atoms with Crippen LogP contribution in [0.15, 0.2) is 0 Å². The maximum absolute atomic E-state index is 9.06. The highest BCUT2D eigenvalue weighted by atomic mass is 79.9. The van der Waals surface area contributed by atoms with Crippen molar-refractivity contribution >= 4 is 23.0 Å². The van der Waals surface area contributed by atoms with Gasteiger partial charge >= 0.3 is 7.12 Å². The van der Waals surface area contributed by atoms with Crippen LogP contribution in [0.1, 0.15) is 25.7 Å². The molecule has 2 rings (SSSR count). The molecule has 1 saturated heterocycles. The standard InChI is InChI=1S/C8H15BBrNO2/c10-6-3-1-2-5-4-7(9(12)13)11-8(5)6/h5-8,11-13H,1-4H2. The molecule has 4 unspecified atom stereocenters. The second kappa shape index (κ2) is 3.89. The van der Waals surface area contributed by atoms with Gasteiger partial charge in [0.2, 0.25) is 0 Å². The third kappa shape index (κ3) is 1.93. The monoisotopic (exact) mass is 247 g/mol. The fourth-order valence-corrected chi connectivity index (χ4v) is 3.49. The van der Waals surface area contributed by atoms with Crippen LogP contribution in [0.5, 0.6) is 0 Å².